The summed E-state index contributed by atoms with van der Waals surface area (Å²) in [6.45, 7) is 7.46. The molecule has 0 spiro atoms. The zero-order chi connectivity index (χ0) is 7.33. The Morgan fingerprint density at radius 3 is 1.67 bits per heavy atom. The average Bonchev–Trinajstić information content (AvgIpc) is 1.64. The fraction of sp³-hybridized carbons (Fsp3) is 0.333. The first kappa shape index (κ1) is 10.7. The van der Waals surface area contributed by atoms with Crippen LogP contribution in [0.25, 0.3) is 0 Å². The molecule has 0 fully saturated rings. The maximum absolute atomic E-state index is 3.73. The first-order valence-corrected chi connectivity index (χ1v) is 15.0. The zero-order valence-corrected chi connectivity index (χ0v) is 11.1. The molecule has 0 aromatic carbocycles. The minimum atomic E-state index is -1.46. The van der Waals surface area contributed by atoms with Crippen LogP contribution in [0.15, 0.2) is 25.3 Å². The van der Waals surface area contributed by atoms with Gasteiger partial charge in [0.2, 0.25) is 0 Å². The van der Waals surface area contributed by atoms with Crippen molar-refractivity contribution in [3.63, 3.8) is 0 Å². The monoisotopic (exact) mass is 384 g/mol. The zero-order valence-electron chi connectivity index (χ0n) is 5.24. The van der Waals surface area contributed by atoms with Gasteiger partial charge in [-0.1, -0.05) is 0 Å². The first-order valence-electron chi connectivity index (χ1n) is 2.72. The van der Waals surface area contributed by atoms with Crippen LogP contribution in [0, 0.1) is 0 Å². The summed E-state index contributed by atoms with van der Waals surface area (Å²) in [6, 6.07) is 0. The van der Waals surface area contributed by atoms with Crippen molar-refractivity contribution in [3.05, 3.63) is 25.3 Å². The maximum atomic E-state index is 3.73. The molecule has 0 amide bonds. The van der Waals surface area contributed by atoms with Crippen molar-refractivity contribution in [2.45, 2.75) is 9.45 Å². The number of hydrogen-bond donors (Lipinski definition) is 0. The van der Waals surface area contributed by atoms with Gasteiger partial charge in [-0.25, -0.2) is 0 Å². The van der Waals surface area contributed by atoms with Gasteiger partial charge in [0.25, 0.3) is 0 Å². The van der Waals surface area contributed by atoms with Gasteiger partial charge in [-0.05, 0) is 0 Å². The summed E-state index contributed by atoms with van der Waals surface area (Å²) >= 11 is 5.21. The fourth-order valence-corrected chi connectivity index (χ4v) is 7.22. The second kappa shape index (κ2) is 5.32. The molecule has 0 aromatic rings. The molecule has 0 aliphatic heterocycles. The van der Waals surface area contributed by atoms with Crippen LogP contribution >= 0.6 is 38.4 Å². The van der Waals surface area contributed by atoms with E-state index in [1.807, 2.05) is 12.2 Å². The third-order valence-electron chi connectivity index (χ3n) is 0.886. The molecule has 0 aliphatic carbocycles. The van der Waals surface area contributed by atoms with Gasteiger partial charge < -0.3 is 0 Å². The number of hydrogen-bond acceptors (Lipinski definition) is 0. The third kappa shape index (κ3) is 6.07. The van der Waals surface area contributed by atoms with Crippen molar-refractivity contribution in [2.75, 3.05) is 0 Å². The van der Waals surface area contributed by atoms with E-state index in [4.69, 9.17) is 0 Å². The summed E-state index contributed by atoms with van der Waals surface area (Å²) in [4.78, 5) is 0. The van der Waals surface area contributed by atoms with Crippen molar-refractivity contribution in [1.82, 2.24) is 0 Å². The van der Waals surface area contributed by atoms with Gasteiger partial charge >= 0.3 is 82.2 Å². The Bertz CT molecular complexity index is 97.6. The van der Waals surface area contributed by atoms with Gasteiger partial charge in [-0.3, -0.25) is 0 Å². The first-order chi connectivity index (χ1) is 4.12. The quantitative estimate of drug-likeness (QED) is 0.390. The Balaban J connectivity index is 3.68. The predicted octanol–water partition coefficient (Wildman–Crippen LogP) is 4.05. The van der Waals surface area contributed by atoms with E-state index in [1.165, 1.54) is 9.45 Å². The fourth-order valence-electron chi connectivity index (χ4n) is 0.506. The van der Waals surface area contributed by atoms with E-state index in [0.29, 0.717) is 0 Å². The third-order valence-corrected chi connectivity index (χ3v) is 10.9. The molecule has 0 unspecified atom stereocenters. The van der Waals surface area contributed by atoms with Crippen LogP contribution in [0.1, 0.15) is 0 Å². The molecule has 0 atom stereocenters. The van der Waals surface area contributed by atoms with Crippen LogP contribution in [-0.2, 0) is 9.09 Å². The molecule has 0 rings (SSSR count). The van der Waals surface area contributed by atoms with Crippen molar-refractivity contribution in [3.8, 4) is 0 Å². The predicted molar refractivity (Wildman–Crippen MR) is 58.0 cm³/mol. The van der Waals surface area contributed by atoms with E-state index in [9.17, 15) is 0 Å². The molecule has 52 valence electrons. The molecule has 0 aromatic heterocycles. The van der Waals surface area contributed by atoms with Gasteiger partial charge in [0, 0.05) is 0 Å². The topological polar surface area (TPSA) is 0 Å². The van der Waals surface area contributed by atoms with Crippen molar-refractivity contribution in [2.24, 2.45) is 0 Å². The van der Waals surface area contributed by atoms with Gasteiger partial charge in [-0.15, -0.1) is 0 Å². The molecule has 3 heteroatoms. The molecule has 0 nitrogen and oxygen atoms in total. The Morgan fingerprint density at radius 2 is 1.44 bits per heavy atom. The summed E-state index contributed by atoms with van der Waals surface area (Å²) in [6.07, 6.45) is 4.06. The summed E-state index contributed by atoms with van der Waals surface area (Å²) < 4.78 is 2.46. The SMILES string of the molecule is C=C[CH2][Ti]([I])([I])[CH2]C=C. The average molecular weight is 384 g/mol. The van der Waals surface area contributed by atoms with Crippen LogP contribution in [0.4, 0.5) is 0 Å². The molecule has 0 N–H and O–H groups in total. The molecule has 0 saturated heterocycles. The van der Waals surface area contributed by atoms with E-state index in [-0.39, 0.29) is 0 Å². The van der Waals surface area contributed by atoms with E-state index in [2.05, 4.69) is 51.5 Å². The summed E-state index contributed by atoms with van der Waals surface area (Å²) in [5.41, 5.74) is 0. The van der Waals surface area contributed by atoms with E-state index in [0.717, 1.165) is 0 Å². The molecular weight excluding hydrogens is 374 g/mol. The van der Waals surface area contributed by atoms with Crippen LogP contribution in [-0.4, -0.2) is 0 Å². The molecule has 0 aliphatic rings. The minimum absolute atomic E-state index is 1.23. The van der Waals surface area contributed by atoms with Gasteiger partial charge in [0.05, 0.1) is 0 Å². The Morgan fingerprint density at radius 1 is 1.11 bits per heavy atom. The molecule has 0 bridgehead atoms. The van der Waals surface area contributed by atoms with Crippen molar-refractivity contribution in [1.29, 1.82) is 0 Å². The van der Waals surface area contributed by atoms with Crippen molar-refractivity contribution < 1.29 is 9.09 Å². The Hall–Kier alpha value is 1.65. The van der Waals surface area contributed by atoms with Crippen LogP contribution in [0.3, 0.4) is 0 Å². The molecule has 0 saturated carbocycles. The number of halogens is 2. The summed E-state index contributed by atoms with van der Waals surface area (Å²) in [5.74, 6) is 0. The molecule has 9 heavy (non-hydrogen) atoms. The van der Waals surface area contributed by atoms with Gasteiger partial charge in [0.15, 0.2) is 0 Å². The number of rotatable bonds is 4. The molecule has 0 radical (unpaired) electrons. The second-order valence-corrected chi connectivity index (χ2v) is 31.3. The van der Waals surface area contributed by atoms with Gasteiger partial charge in [-0.2, -0.15) is 0 Å². The van der Waals surface area contributed by atoms with E-state index in [1.54, 1.807) is 0 Å². The van der Waals surface area contributed by atoms with Crippen LogP contribution in [0.2, 0.25) is 9.45 Å². The summed E-state index contributed by atoms with van der Waals surface area (Å²) in [5, 5.41) is 0. The number of allylic oxidation sites excluding steroid dienone is 2. The Kier molecular flexibility index (Phi) is 6.30. The Labute approximate surface area is 80.9 Å². The van der Waals surface area contributed by atoms with Crippen molar-refractivity contribution >= 4 is 38.4 Å². The van der Waals surface area contributed by atoms with Gasteiger partial charge in [0.1, 0.15) is 0 Å². The van der Waals surface area contributed by atoms with Crippen LogP contribution < -0.4 is 0 Å². The second-order valence-electron chi connectivity index (χ2n) is 1.84. The normalized spacial score (nSPS) is 10.9. The summed E-state index contributed by atoms with van der Waals surface area (Å²) in [7, 11) is -1.46. The van der Waals surface area contributed by atoms with Crippen LogP contribution in [0.5, 0.6) is 0 Å². The molecular formula is C6H10I2Ti. The van der Waals surface area contributed by atoms with E-state index < -0.39 is 9.09 Å². The standard InChI is InChI=1S/2C3H5.2HI.Ti/c2*1-3-2;;;/h2*3H,1-2H2;2*1H;/q;;;;+2/p-2. The van der Waals surface area contributed by atoms with E-state index >= 15 is 0 Å². The molecule has 0 heterocycles.